The second-order valence-corrected chi connectivity index (χ2v) is 4.96. The van der Waals surface area contributed by atoms with Crippen molar-refractivity contribution >= 4 is 17.6 Å². The van der Waals surface area contributed by atoms with Crippen LogP contribution in [-0.2, 0) is 4.79 Å². The third-order valence-corrected chi connectivity index (χ3v) is 3.13. The van der Waals surface area contributed by atoms with Crippen molar-refractivity contribution in [2.75, 3.05) is 11.9 Å². The van der Waals surface area contributed by atoms with E-state index in [1.54, 1.807) is 18.2 Å². The van der Waals surface area contributed by atoms with Crippen LogP contribution in [-0.4, -0.2) is 23.6 Å². The minimum Gasteiger partial charge on any atom is -0.483 e. The van der Waals surface area contributed by atoms with Gasteiger partial charge in [0.2, 0.25) is 0 Å². The number of benzene rings is 2. The average Bonchev–Trinajstić information content (AvgIpc) is 2.48. The van der Waals surface area contributed by atoms with Crippen LogP contribution in [0, 0.1) is 13.8 Å². The van der Waals surface area contributed by atoms with Gasteiger partial charge in [0.1, 0.15) is 5.75 Å². The molecule has 0 fully saturated rings. The van der Waals surface area contributed by atoms with Gasteiger partial charge < -0.3 is 15.2 Å². The molecule has 2 aromatic rings. The minimum absolute atomic E-state index is 0.0441. The predicted octanol–water partition coefficient (Wildman–Crippen LogP) is 3.02. The van der Waals surface area contributed by atoms with E-state index < -0.39 is 11.9 Å². The van der Waals surface area contributed by atoms with Crippen LogP contribution in [0.5, 0.6) is 5.75 Å². The molecule has 2 aromatic carbocycles. The number of ether oxygens (including phenoxy) is 1. The zero-order valence-electron chi connectivity index (χ0n) is 12.4. The molecular formula is C17H17NO4. The summed E-state index contributed by atoms with van der Waals surface area (Å²) < 4.78 is 5.49. The largest absolute Gasteiger partial charge is 0.483 e. The fourth-order valence-electron chi connectivity index (χ4n) is 1.97. The maximum absolute atomic E-state index is 11.9. The summed E-state index contributed by atoms with van der Waals surface area (Å²) in [5.74, 6) is -0.859. The van der Waals surface area contributed by atoms with Crippen LogP contribution in [0.25, 0.3) is 0 Å². The number of carbonyl (C=O) groups is 2. The van der Waals surface area contributed by atoms with E-state index in [9.17, 15) is 9.59 Å². The van der Waals surface area contributed by atoms with Crippen molar-refractivity contribution < 1.29 is 19.4 Å². The van der Waals surface area contributed by atoms with Gasteiger partial charge in [0, 0.05) is 0 Å². The van der Waals surface area contributed by atoms with E-state index >= 15 is 0 Å². The Morgan fingerprint density at radius 3 is 2.59 bits per heavy atom. The van der Waals surface area contributed by atoms with Crippen LogP contribution in [0.2, 0.25) is 0 Å². The predicted molar refractivity (Wildman–Crippen MR) is 83.4 cm³/mol. The number of aryl methyl sites for hydroxylation is 2. The van der Waals surface area contributed by atoms with Crippen molar-refractivity contribution in [1.82, 2.24) is 0 Å². The Morgan fingerprint density at radius 2 is 1.86 bits per heavy atom. The van der Waals surface area contributed by atoms with Gasteiger partial charge >= 0.3 is 5.97 Å². The minimum atomic E-state index is -1.09. The van der Waals surface area contributed by atoms with Gasteiger partial charge in [-0.2, -0.15) is 0 Å². The molecule has 0 saturated carbocycles. The van der Waals surface area contributed by atoms with Gasteiger partial charge in [-0.1, -0.05) is 24.3 Å². The first-order valence-corrected chi connectivity index (χ1v) is 6.79. The molecule has 2 rings (SSSR count). The molecule has 1 amide bonds. The van der Waals surface area contributed by atoms with E-state index in [4.69, 9.17) is 9.84 Å². The highest BCUT2D eigenvalue weighted by atomic mass is 16.5. The summed E-state index contributed by atoms with van der Waals surface area (Å²) in [6, 6.07) is 12.0. The Balaban J connectivity index is 2.02. The Hall–Kier alpha value is -2.82. The lowest BCUT2D eigenvalue weighted by Crippen LogP contribution is -2.21. The summed E-state index contributed by atoms with van der Waals surface area (Å²) in [5.41, 5.74) is 2.27. The molecule has 0 aliphatic rings. The van der Waals surface area contributed by atoms with Gasteiger partial charge in [-0.3, -0.25) is 4.79 Å². The summed E-state index contributed by atoms with van der Waals surface area (Å²) in [5, 5.41) is 11.6. The maximum Gasteiger partial charge on any atom is 0.337 e. The Morgan fingerprint density at radius 1 is 1.14 bits per heavy atom. The first kappa shape index (κ1) is 15.6. The number of para-hydroxylation sites is 1. The molecule has 0 aliphatic heterocycles. The molecule has 5 heteroatoms. The standard InChI is InChI=1S/C17H17NO4/c1-11-7-8-12(2)15(9-11)22-10-16(19)18-14-6-4-3-5-13(14)17(20)21/h3-9H,10H2,1-2H3,(H,18,19)(H,20,21). The van der Waals surface area contributed by atoms with Gasteiger partial charge in [0.05, 0.1) is 11.3 Å². The fraction of sp³-hybridized carbons (Fsp3) is 0.176. The van der Waals surface area contributed by atoms with Crippen molar-refractivity contribution in [3.8, 4) is 5.75 Å². The van der Waals surface area contributed by atoms with E-state index in [-0.39, 0.29) is 17.9 Å². The highest BCUT2D eigenvalue weighted by molar-refractivity contribution is 6.00. The Kier molecular flexibility index (Phi) is 4.78. The number of hydrogen-bond acceptors (Lipinski definition) is 3. The smallest absolute Gasteiger partial charge is 0.337 e. The number of carboxylic acids is 1. The van der Waals surface area contributed by atoms with Gasteiger partial charge in [-0.05, 0) is 43.2 Å². The van der Waals surface area contributed by atoms with Crippen LogP contribution in [0.3, 0.4) is 0 Å². The van der Waals surface area contributed by atoms with Crippen molar-refractivity contribution in [2.45, 2.75) is 13.8 Å². The number of amides is 1. The average molecular weight is 299 g/mol. The third kappa shape index (κ3) is 3.85. The molecule has 5 nitrogen and oxygen atoms in total. The van der Waals surface area contributed by atoms with E-state index in [2.05, 4.69) is 5.32 Å². The number of carboxylic acid groups (broad SMARTS) is 1. The lowest BCUT2D eigenvalue weighted by atomic mass is 10.1. The van der Waals surface area contributed by atoms with Crippen LogP contribution in [0.4, 0.5) is 5.69 Å². The number of aromatic carboxylic acids is 1. The monoisotopic (exact) mass is 299 g/mol. The Labute approximate surface area is 128 Å². The lowest BCUT2D eigenvalue weighted by Gasteiger charge is -2.11. The maximum atomic E-state index is 11.9. The molecule has 0 spiro atoms. The molecule has 0 saturated heterocycles. The number of nitrogens with one attached hydrogen (secondary N) is 1. The van der Waals surface area contributed by atoms with E-state index in [0.717, 1.165) is 11.1 Å². The first-order chi connectivity index (χ1) is 10.5. The summed E-state index contributed by atoms with van der Waals surface area (Å²) >= 11 is 0. The highest BCUT2D eigenvalue weighted by Gasteiger charge is 2.12. The van der Waals surface area contributed by atoms with E-state index in [1.165, 1.54) is 6.07 Å². The molecule has 0 heterocycles. The third-order valence-electron chi connectivity index (χ3n) is 3.13. The molecule has 0 radical (unpaired) electrons. The van der Waals surface area contributed by atoms with Crippen molar-refractivity contribution in [1.29, 1.82) is 0 Å². The summed E-state index contributed by atoms with van der Waals surface area (Å²) in [4.78, 5) is 23.0. The fourth-order valence-corrected chi connectivity index (χ4v) is 1.97. The molecule has 0 bridgehead atoms. The van der Waals surface area contributed by atoms with Gasteiger partial charge in [-0.15, -0.1) is 0 Å². The number of hydrogen-bond donors (Lipinski definition) is 2. The summed E-state index contributed by atoms with van der Waals surface area (Å²) in [6.45, 7) is 3.65. The number of anilines is 1. The number of rotatable bonds is 5. The SMILES string of the molecule is Cc1ccc(C)c(OCC(=O)Nc2ccccc2C(=O)O)c1. The molecule has 0 aliphatic carbocycles. The van der Waals surface area contributed by atoms with E-state index in [0.29, 0.717) is 5.75 Å². The van der Waals surface area contributed by atoms with Gasteiger partial charge in [-0.25, -0.2) is 4.79 Å². The van der Waals surface area contributed by atoms with Crippen molar-refractivity contribution in [3.63, 3.8) is 0 Å². The summed E-state index contributed by atoms with van der Waals surface area (Å²) in [7, 11) is 0. The van der Waals surface area contributed by atoms with Crippen LogP contribution in [0.1, 0.15) is 21.5 Å². The highest BCUT2D eigenvalue weighted by Crippen LogP contribution is 2.19. The Bertz CT molecular complexity index is 710. The molecule has 2 N–H and O–H groups in total. The van der Waals surface area contributed by atoms with Crippen molar-refractivity contribution in [3.05, 3.63) is 59.2 Å². The van der Waals surface area contributed by atoms with Crippen molar-refractivity contribution in [2.24, 2.45) is 0 Å². The molecule has 0 atom stereocenters. The van der Waals surface area contributed by atoms with Crippen LogP contribution in [0.15, 0.2) is 42.5 Å². The summed E-state index contributed by atoms with van der Waals surface area (Å²) in [6.07, 6.45) is 0. The van der Waals surface area contributed by atoms with Gasteiger partial charge in [0.25, 0.3) is 5.91 Å². The lowest BCUT2D eigenvalue weighted by molar-refractivity contribution is -0.118. The first-order valence-electron chi connectivity index (χ1n) is 6.79. The molecule has 22 heavy (non-hydrogen) atoms. The normalized spacial score (nSPS) is 10.1. The molecular weight excluding hydrogens is 282 g/mol. The van der Waals surface area contributed by atoms with E-state index in [1.807, 2.05) is 32.0 Å². The zero-order valence-corrected chi connectivity index (χ0v) is 12.4. The number of carbonyl (C=O) groups excluding carboxylic acids is 1. The van der Waals surface area contributed by atoms with Crippen LogP contribution < -0.4 is 10.1 Å². The second kappa shape index (κ2) is 6.76. The zero-order chi connectivity index (χ0) is 16.1. The molecule has 0 unspecified atom stereocenters. The van der Waals surface area contributed by atoms with Crippen LogP contribution >= 0.6 is 0 Å². The topological polar surface area (TPSA) is 75.6 Å². The van der Waals surface area contributed by atoms with Gasteiger partial charge in [0.15, 0.2) is 6.61 Å². The second-order valence-electron chi connectivity index (χ2n) is 4.96. The molecule has 114 valence electrons. The quantitative estimate of drug-likeness (QED) is 0.890. The molecule has 0 aromatic heterocycles.